The summed E-state index contributed by atoms with van der Waals surface area (Å²) in [5.74, 6) is 0.270. The highest BCUT2D eigenvalue weighted by molar-refractivity contribution is 5.78. The molecule has 3 heteroatoms. The lowest BCUT2D eigenvalue weighted by Crippen LogP contribution is -2.48. The predicted octanol–water partition coefficient (Wildman–Crippen LogP) is 2.05. The van der Waals surface area contributed by atoms with E-state index < -0.39 is 0 Å². The van der Waals surface area contributed by atoms with E-state index in [-0.39, 0.29) is 17.0 Å². The molecule has 2 aliphatic rings. The molecule has 92 valence electrons. The maximum Gasteiger partial charge on any atom is 0.224 e. The first-order valence-electron chi connectivity index (χ1n) is 6.52. The van der Waals surface area contributed by atoms with Gasteiger partial charge in [0.2, 0.25) is 5.91 Å². The number of nitrogens with two attached hydrogens (primary N) is 1. The second-order valence-corrected chi connectivity index (χ2v) is 6.21. The van der Waals surface area contributed by atoms with E-state index in [4.69, 9.17) is 5.73 Å². The van der Waals surface area contributed by atoms with Gasteiger partial charge in [0.15, 0.2) is 0 Å². The van der Waals surface area contributed by atoms with Crippen molar-refractivity contribution in [3.63, 3.8) is 0 Å². The zero-order chi connectivity index (χ0) is 11.8. The van der Waals surface area contributed by atoms with E-state index in [1.165, 1.54) is 12.8 Å². The Labute approximate surface area is 98.4 Å². The van der Waals surface area contributed by atoms with Gasteiger partial charge in [-0.2, -0.15) is 0 Å². The monoisotopic (exact) mass is 224 g/mol. The fraction of sp³-hybridized carbons (Fsp3) is 0.923. The average Bonchev–Trinajstić information content (AvgIpc) is 2.71. The van der Waals surface area contributed by atoms with Crippen LogP contribution < -0.4 is 5.73 Å². The molecular weight excluding hydrogens is 200 g/mol. The van der Waals surface area contributed by atoms with Crippen LogP contribution in [0.25, 0.3) is 0 Å². The Balaban J connectivity index is 1.97. The number of hydrogen-bond donors (Lipinski definition) is 1. The topological polar surface area (TPSA) is 46.3 Å². The lowest BCUT2D eigenvalue weighted by atomic mass is 9.93. The second kappa shape index (κ2) is 4.02. The summed E-state index contributed by atoms with van der Waals surface area (Å²) in [6, 6.07) is 0. The molecule has 0 atom stereocenters. The quantitative estimate of drug-likeness (QED) is 0.780. The van der Waals surface area contributed by atoms with Crippen LogP contribution in [0.2, 0.25) is 0 Å². The van der Waals surface area contributed by atoms with Crippen molar-refractivity contribution in [1.82, 2.24) is 4.90 Å². The molecule has 16 heavy (non-hydrogen) atoms. The molecule has 0 radical (unpaired) electrons. The van der Waals surface area contributed by atoms with Crippen LogP contribution in [-0.4, -0.2) is 28.4 Å². The molecule has 0 aromatic carbocycles. The van der Waals surface area contributed by atoms with E-state index in [1.807, 2.05) is 4.90 Å². The number of likely N-dealkylation sites (tertiary alicyclic amines) is 1. The predicted molar refractivity (Wildman–Crippen MR) is 65.0 cm³/mol. The van der Waals surface area contributed by atoms with Gasteiger partial charge >= 0.3 is 0 Å². The third kappa shape index (κ3) is 2.24. The Morgan fingerprint density at radius 1 is 1.19 bits per heavy atom. The first-order valence-corrected chi connectivity index (χ1v) is 6.52. The first kappa shape index (κ1) is 11.9. The van der Waals surface area contributed by atoms with Gasteiger partial charge < -0.3 is 10.6 Å². The van der Waals surface area contributed by atoms with Crippen LogP contribution in [0.5, 0.6) is 0 Å². The van der Waals surface area contributed by atoms with Crippen molar-refractivity contribution in [3.05, 3.63) is 0 Å². The van der Waals surface area contributed by atoms with Crippen LogP contribution in [0.4, 0.5) is 0 Å². The fourth-order valence-electron chi connectivity index (χ4n) is 3.22. The van der Waals surface area contributed by atoms with E-state index >= 15 is 0 Å². The molecule has 1 aliphatic carbocycles. The zero-order valence-corrected chi connectivity index (χ0v) is 10.6. The Bertz CT molecular complexity index is 280. The molecule has 0 bridgehead atoms. The third-order valence-electron chi connectivity index (χ3n) is 4.30. The van der Waals surface area contributed by atoms with Gasteiger partial charge in [-0.3, -0.25) is 4.79 Å². The number of carbonyl (C=O) groups excluding carboxylic acids is 1. The van der Waals surface area contributed by atoms with Gasteiger partial charge in [0, 0.05) is 24.0 Å². The van der Waals surface area contributed by atoms with Gasteiger partial charge in [0.05, 0.1) is 0 Å². The van der Waals surface area contributed by atoms with Crippen LogP contribution in [0.3, 0.4) is 0 Å². The summed E-state index contributed by atoms with van der Waals surface area (Å²) in [5.41, 5.74) is 6.12. The molecule has 1 saturated carbocycles. The van der Waals surface area contributed by atoms with Crippen molar-refractivity contribution in [3.8, 4) is 0 Å². The van der Waals surface area contributed by atoms with Crippen LogP contribution in [0, 0.1) is 0 Å². The molecule has 1 heterocycles. The summed E-state index contributed by atoms with van der Waals surface area (Å²) in [6.45, 7) is 5.24. The summed E-state index contributed by atoms with van der Waals surface area (Å²) in [7, 11) is 0. The molecular formula is C13H24N2O. The van der Waals surface area contributed by atoms with Crippen LogP contribution >= 0.6 is 0 Å². The largest absolute Gasteiger partial charge is 0.338 e. The van der Waals surface area contributed by atoms with Gasteiger partial charge in [0.25, 0.3) is 0 Å². The summed E-state index contributed by atoms with van der Waals surface area (Å²) in [5, 5.41) is 0. The summed E-state index contributed by atoms with van der Waals surface area (Å²) < 4.78 is 0. The number of rotatable bonds is 2. The van der Waals surface area contributed by atoms with E-state index in [2.05, 4.69) is 13.8 Å². The fourth-order valence-corrected chi connectivity index (χ4v) is 3.22. The van der Waals surface area contributed by atoms with E-state index in [0.717, 1.165) is 32.2 Å². The minimum atomic E-state index is -0.199. The van der Waals surface area contributed by atoms with Gasteiger partial charge in [-0.25, -0.2) is 0 Å². The van der Waals surface area contributed by atoms with Crippen LogP contribution in [-0.2, 0) is 4.79 Å². The molecule has 1 aliphatic heterocycles. The number of nitrogens with zero attached hydrogens (tertiary/aromatic N) is 1. The minimum Gasteiger partial charge on any atom is -0.338 e. The Kier molecular flexibility index (Phi) is 2.99. The summed E-state index contributed by atoms with van der Waals surface area (Å²) in [4.78, 5) is 14.3. The van der Waals surface area contributed by atoms with Gasteiger partial charge in [0.1, 0.15) is 0 Å². The van der Waals surface area contributed by atoms with Crippen molar-refractivity contribution in [2.45, 2.75) is 69.9 Å². The maximum atomic E-state index is 12.3. The highest BCUT2D eigenvalue weighted by Gasteiger charge is 2.39. The molecule has 0 unspecified atom stereocenters. The second-order valence-electron chi connectivity index (χ2n) is 6.21. The highest BCUT2D eigenvalue weighted by Crippen LogP contribution is 2.34. The molecule has 3 nitrogen and oxygen atoms in total. The molecule has 2 N–H and O–H groups in total. The lowest BCUT2D eigenvalue weighted by Gasteiger charge is -2.34. The third-order valence-corrected chi connectivity index (χ3v) is 4.30. The average molecular weight is 224 g/mol. The molecule has 1 amide bonds. The maximum absolute atomic E-state index is 12.3. The SMILES string of the molecule is CC1(C)CCCN1C(=O)CC1(N)CCCC1. The van der Waals surface area contributed by atoms with E-state index in [0.29, 0.717) is 6.42 Å². The van der Waals surface area contributed by atoms with Gasteiger partial charge in [-0.15, -0.1) is 0 Å². The standard InChI is InChI=1S/C13H24N2O/c1-12(2)6-5-9-15(12)11(16)10-13(14)7-3-4-8-13/h3-10,14H2,1-2H3. The first-order chi connectivity index (χ1) is 7.43. The molecule has 2 rings (SSSR count). The Morgan fingerprint density at radius 2 is 1.81 bits per heavy atom. The lowest BCUT2D eigenvalue weighted by molar-refractivity contribution is -0.135. The van der Waals surface area contributed by atoms with Crippen molar-refractivity contribution in [2.75, 3.05) is 6.54 Å². The molecule has 0 aromatic heterocycles. The highest BCUT2D eigenvalue weighted by atomic mass is 16.2. The van der Waals surface area contributed by atoms with Crippen molar-refractivity contribution >= 4 is 5.91 Å². The van der Waals surface area contributed by atoms with Crippen molar-refractivity contribution in [2.24, 2.45) is 5.73 Å². The zero-order valence-electron chi connectivity index (χ0n) is 10.6. The Hall–Kier alpha value is -0.570. The molecule has 0 aromatic rings. The Morgan fingerprint density at radius 3 is 2.31 bits per heavy atom. The molecule has 0 spiro atoms. The number of hydrogen-bond acceptors (Lipinski definition) is 2. The van der Waals surface area contributed by atoms with Crippen molar-refractivity contribution < 1.29 is 4.79 Å². The minimum absolute atomic E-state index is 0.0477. The van der Waals surface area contributed by atoms with Gasteiger partial charge in [-0.1, -0.05) is 12.8 Å². The molecule has 1 saturated heterocycles. The summed E-state index contributed by atoms with van der Waals surface area (Å²) in [6.07, 6.45) is 7.23. The van der Waals surface area contributed by atoms with Gasteiger partial charge in [-0.05, 0) is 39.5 Å². The van der Waals surface area contributed by atoms with E-state index in [1.54, 1.807) is 0 Å². The van der Waals surface area contributed by atoms with Crippen molar-refractivity contribution in [1.29, 1.82) is 0 Å². The number of amides is 1. The van der Waals surface area contributed by atoms with Crippen LogP contribution in [0.1, 0.15) is 58.8 Å². The molecule has 2 fully saturated rings. The number of carbonyl (C=O) groups is 1. The van der Waals surface area contributed by atoms with E-state index in [9.17, 15) is 4.79 Å². The van der Waals surface area contributed by atoms with Crippen LogP contribution in [0.15, 0.2) is 0 Å². The normalized spacial score (nSPS) is 27.3. The smallest absolute Gasteiger partial charge is 0.224 e. The summed E-state index contributed by atoms with van der Waals surface area (Å²) >= 11 is 0.